The van der Waals surface area contributed by atoms with Gasteiger partial charge in [-0.05, 0) is 39.2 Å². The highest BCUT2D eigenvalue weighted by Crippen LogP contribution is 2.16. The molecule has 16 heavy (non-hydrogen) atoms. The molecule has 0 aliphatic carbocycles. The lowest BCUT2D eigenvalue weighted by molar-refractivity contribution is -0.0478. The van der Waals surface area contributed by atoms with Crippen molar-refractivity contribution in [2.45, 2.75) is 59.7 Å². The Kier molecular flexibility index (Phi) is 6.53. The van der Waals surface area contributed by atoms with Crippen molar-refractivity contribution in [3.05, 3.63) is 0 Å². The highest BCUT2D eigenvalue weighted by Gasteiger charge is 2.14. The molecule has 0 radical (unpaired) electrons. The minimum absolute atomic E-state index is 0.174. The number of aliphatic hydroxyl groups excluding tert-OH is 1. The Bertz CT molecular complexity index is 179. The first-order valence-electron chi connectivity index (χ1n) is 6.13. The monoisotopic (exact) mass is 231 g/mol. The summed E-state index contributed by atoms with van der Waals surface area (Å²) < 4.78 is 5.50. The third kappa shape index (κ3) is 12.0. The number of aliphatic hydroxyl groups is 1. The topological polar surface area (TPSA) is 41.5 Å². The molecule has 0 saturated carbocycles. The minimum Gasteiger partial charge on any atom is -0.389 e. The lowest BCUT2D eigenvalue weighted by atomic mass is 9.92. The van der Waals surface area contributed by atoms with Gasteiger partial charge in [0.25, 0.3) is 0 Å². The van der Waals surface area contributed by atoms with Crippen LogP contribution in [0, 0.1) is 5.41 Å². The molecule has 0 amide bonds. The van der Waals surface area contributed by atoms with Crippen molar-refractivity contribution in [3.63, 3.8) is 0 Å². The predicted octanol–water partition coefficient (Wildman–Crippen LogP) is 2.19. The maximum Gasteiger partial charge on any atom is 0.0897 e. The summed E-state index contributed by atoms with van der Waals surface area (Å²) in [4.78, 5) is 0. The van der Waals surface area contributed by atoms with E-state index in [0.717, 1.165) is 13.0 Å². The van der Waals surface area contributed by atoms with E-state index >= 15 is 0 Å². The van der Waals surface area contributed by atoms with E-state index in [1.54, 1.807) is 0 Å². The lowest BCUT2D eigenvalue weighted by Gasteiger charge is -2.23. The summed E-state index contributed by atoms with van der Waals surface area (Å²) in [6.07, 6.45) is 0.694. The lowest BCUT2D eigenvalue weighted by Crippen LogP contribution is -2.34. The Balaban J connectivity index is 3.48. The van der Waals surface area contributed by atoms with Gasteiger partial charge in [-0.1, -0.05) is 20.8 Å². The summed E-state index contributed by atoms with van der Waals surface area (Å²) in [5, 5.41) is 12.9. The van der Waals surface area contributed by atoms with Gasteiger partial charge in [0.2, 0.25) is 0 Å². The molecule has 0 fully saturated rings. The van der Waals surface area contributed by atoms with Gasteiger partial charge in [-0.15, -0.1) is 0 Å². The third-order valence-electron chi connectivity index (χ3n) is 2.14. The molecule has 0 aliphatic heterocycles. The fraction of sp³-hybridized carbons (Fsp3) is 1.00. The summed E-state index contributed by atoms with van der Waals surface area (Å²) in [7, 11) is 0. The van der Waals surface area contributed by atoms with Gasteiger partial charge in [0.05, 0.1) is 18.3 Å². The quantitative estimate of drug-likeness (QED) is 0.689. The van der Waals surface area contributed by atoms with Gasteiger partial charge < -0.3 is 15.2 Å². The first kappa shape index (κ1) is 15.9. The van der Waals surface area contributed by atoms with Crippen LogP contribution in [0.3, 0.4) is 0 Å². The molecule has 1 atom stereocenters. The maximum absolute atomic E-state index is 9.65. The van der Waals surface area contributed by atoms with Gasteiger partial charge in [0.1, 0.15) is 0 Å². The van der Waals surface area contributed by atoms with Crippen LogP contribution >= 0.6 is 0 Å². The van der Waals surface area contributed by atoms with Crippen LogP contribution in [0.5, 0.6) is 0 Å². The molecule has 0 rings (SSSR count). The summed E-state index contributed by atoms with van der Waals surface area (Å²) >= 11 is 0. The summed E-state index contributed by atoms with van der Waals surface area (Å²) in [5.74, 6) is 0. The van der Waals surface area contributed by atoms with Gasteiger partial charge in [-0.2, -0.15) is 0 Å². The molecular formula is C13H29NO2. The van der Waals surface area contributed by atoms with Crippen LogP contribution in [0.4, 0.5) is 0 Å². The van der Waals surface area contributed by atoms with E-state index in [9.17, 15) is 5.11 Å². The average Bonchev–Trinajstić information content (AvgIpc) is 2.06. The number of hydrogen-bond acceptors (Lipinski definition) is 3. The summed E-state index contributed by atoms with van der Waals surface area (Å²) in [5.41, 5.74) is 0.173. The first-order valence-corrected chi connectivity index (χ1v) is 6.13. The van der Waals surface area contributed by atoms with Crippen molar-refractivity contribution in [2.24, 2.45) is 5.41 Å². The molecule has 0 aromatic rings. The van der Waals surface area contributed by atoms with E-state index in [1.165, 1.54) is 0 Å². The number of ether oxygens (including phenoxy) is 1. The van der Waals surface area contributed by atoms with Crippen LogP contribution in [-0.4, -0.2) is 36.5 Å². The van der Waals surface area contributed by atoms with Crippen LogP contribution in [0.2, 0.25) is 0 Å². The van der Waals surface area contributed by atoms with E-state index in [0.29, 0.717) is 18.6 Å². The average molecular weight is 231 g/mol. The molecule has 0 heterocycles. The Morgan fingerprint density at radius 1 is 1.12 bits per heavy atom. The van der Waals surface area contributed by atoms with E-state index < -0.39 is 6.10 Å². The molecular weight excluding hydrogens is 202 g/mol. The van der Waals surface area contributed by atoms with Crippen molar-refractivity contribution >= 4 is 0 Å². The van der Waals surface area contributed by atoms with Crippen molar-refractivity contribution in [3.8, 4) is 0 Å². The molecule has 0 aliphatic rings. The molecule has 0 bridgehead atoms. The van der Waals surface area contributed by atoms with Crippen LogP contribution < -0.4 is 5.32 Å². The Hall–Kier alpha value is -0.120. The fourth-order valence-electron chi connectivity index (χ4n) is 1.14. The van der Waals surface area contributed by atoms with Crippen LogP contribution in [0.1, 0.15) is 48.0 Å². The first-order chi connectivity index (χ1) is 7.10. The number of rotatable bonds is 6. The van der Waals surface area contributed by atoms with Crippen molar-refractivity contribution in [2.75, 3.05) is 19.7 Å². The summed E-state index contributed by atoms with van der Waals surface area (Å²) in [6, 6.07) is 0. The van der Waals surface area contributed by atoms with Crippen LogP contribution in [0.15, 0.2) is 0 Å². The van der Waals surface area contributed by atoms with Gasteiger partial charge >= 0.3 is 0 Å². The zero-order chi connectivity index (χ0) is 12.8. The molecule has 3 heteroatoms. The second-order valence-corrected chi connectivity index (χ2v) is 6.59. The third-order valence-corrected chi connectivity index (χ3v) is 2.14. The fourth-order valence-corrected chi connectivity index (χ4v) is 1.14. The number of hydrogen-bond donors (Lipinski definition) is 2. The van der Waals surface area contributed by atoms with E-state index in [4.69, 9.17) is 4.74 Å². The molecule has 0 aromatic heterocycles. The zero-order valence-electron chi connectivity index (χ0n) is 11.8. The second-order valence-electron chi connectivity index (χ2n) is 6.59. The van der Waals surface area contributed by atoms with Crippen LogP contribution in [-0.2, 0) is 4.74 Å². The Labute approximate surface area is 101 Å². The van der Waals surface area contributed by atoms with E-state index in [2.05, 4.69) is 26.1 Å². The normalized spacial score (nSPS) is 15.2. The SMILES string of the molecule is CC(C)(C)CCNCC(O)COC(C)(C)C. The van der Waals surface area contributed by atoms with E-state index in [-0.39, 0.29) is 5.60 Å². The standard InChI is InChI=1S/C13H29NO2/c1-12(2,3)7-8-14-9-11(15)10-16-13(4,5)6/h11,14-15H,7-10H2,1-6H3. The van der Waals surface area contributed by atoms with Gasteiger partial charge in [0.15, 0.2) is 0 Å². The van der Waals surface area contributed by atoms with Crippen molar-refractivity contribution in [1.82, 2.24) is 5.32 Å². The Morgan fingerprint density at radius 3 is 2.12 bits per heavy atom. The van der Waals surface area contributed by atoms with Gasteiger partial charge in [-0.3, -0.25) is 0 Å². The predicted molar refractivity (Wildman–Crippen MR) is 68.7 cm³/mol. The van der Waals surface area contributed by atoms with Gasteiger partial charge in [0, 0.05) is 6.54 Å². The molecule has 0 spiro atoms. The molecule has 2 N–H and O–H groups in total. The maximum atomic E-state index is 9.65. The van der Waals surface area contributed by atoms with E-state index in [1.807, 2.05) is 20.8 Å². The molecule has 0 aromatic carbocycles. The second kappa shape index (κ2) is 6.58. The largest absolute Gasteiger partial charge is 0.389 e. The van der Waals surface area contributed by atoms with Crippen molar-refractivity contribution in [1.29, 1.82) is 0 Å². The summed E-state index contributed by atoms with van der Waals surface area (Å²) in [6.45, 7) is 14.6. The molecule has 1 unspecified atom stereocenters. The highest BCUT2D eigenvalue weighted by molar-refractivity contribution is 4.66. The highest BCUT2D eigenvalue weighted by atomic mass is 16.5. The Morgan fingerprint density at radius 2 is 1.69 bits per heavy atom. The van der Waals surface area contributed by atoms with Crippen LogP contribution in [0.25, 0.3) is 0 Å². The molecule has 98 valence electrons. The van der Waals surface area contributed by atoms with Gasteiger partial charge in [-0.25, -0.2) is 0 Å². The molecule has 3 nitrogen and oxygen atoms in total. The minimum atomic E-state index is -0.417. The van der Waals surface area contributed by atoms with Crippen molar-refractivity contribution < 1.29 is 9.84 Å². The smallest absolute Gasteiger partial charge is 0.0897 e. The molecule has 0 saturated heterocycles. The number of nitrogens with one attached hydrogen (secondary N) is 1. The zero-order valence-corrected chi connectivity index (χ0v) is 11.8.